The highest BCUT2D eigenvalue weighted by atomic mass is 16.5. The number of rotatable bonds is 3. The minimum atomic E-state index is -0.271. The fourth-order valence-corrected chi connectivity index (χ4v) is 1.65. The second-order valence-electron chi connectivity index (χ2n) is 4.02. The van der Waals surface area contributed by atoms with Crippen molar-refractivity contribution in [2.75, 3.05) is 0 Å². The Labute approximate surface area is 91.7 Å². The zero-order chi connectivity index (χ0) is 11.0. The molecule has 0 spiro atoms. The number of hydrogen-bond acceptors (Lipinski definition) is 4. The van der Waals surface area contributed by atoms with Gasteiger partial charge in [-0.1, -0.05) is 5.16 Å². The van der Waals surface area contributed by atoms with E-state index in [1.54, 1.807) is 12.3 Å². The summed E-state index contributed by atoms with van der Waals surface area (Å²) >= 11 is 0. The third-order valence-corrected chi connectivity index (χ3v) is 2.68. The van der Waals surface area contributed by atoms with E-state index in [0.717, 1.165) is 5.69 Å². The summed E-state index contributed by atoms with van der Waals surface area (Å²) in [6.07, 6.45) is 5.56. The molecule has 16 heavy (non-hydrogen) atoms. The Balaban J connectivity index is 1.83. The molecule has 5 nitrogen and oxygen atoms in total. The second-order valence-corrected chi connectivity index (χ2v) is 4.02. The molecule has 2 aromatic rings. The van der Waals surface area contributed by atoms with Crippen LogP contribution >= 0.6 is 0 Å². The van der Waals surface area contributed by atoms with Crippen LogP contribution in [0.4, 0.5) is 0 Å². The Kier molecular flexibility index (Phi) is 2.09. The molecule has 0 radical (unpaired) electrons. The fourth-order valence-electron chi connectivity index (χ4n) is 1.65. The summed E-state index contributed by atoms with van der Waals surface area (Å²) in [4.78, 5) is 15.0. The summed E-state index contributed by atoms with van der Waals surface area (Å²) < 4.78 is 6.68. The molecule has 0 saturated heterocycles. The molecule has 0 atom stereocenters. The third-order valence-electron chi connectivity index (χ3n) is 2.68. The van der Waals surface area contributed by atoms with Crippen LogP contribution in [0.15, 0.2) is 33.8 Å². The fraction of sp³-hybridized carbons (Fsp3) is 0.364. The van der Waals surface area contributed by atoms with Crippen molar-refractivity contribution in [3.8, 4) is 0 Å². The van der Waals surface area contributed by atoms with Crippen molar-refractivity contribution in [1.82, 2.24) is 14.7 Å². The van der Waals surface area contributed by atoms with Crippen molar-refractivity contribution in [3.05, 3.63) is 46.5 Å². The number of aromatic nitrogens is 3. The molecule has 1 aliphatic carbocycles. The molecule has 82 valence electrons. The van der Waals surface area contributed by atoms with Gasteiger partial charge in [0.1, 0.15) is 0 Å². The van der Waals surface area contributed by atoms with E-state index in [9.17, 15) is 4.79 Å². The van der Waals surface area contributed by atoms with Crippen molar-refractivity contribution < 1.29 is 4.52 Å². The van der Waals surface area contributed by atoms with Crippen LogP contribution in [0.3, 0.4) is 0 Å². The molecule has 5 heteroatoms. The van der Waals surface area contributed by atoms with E-state index in [1.165, 1.54) is 23.6 Å². The zero-order valence-corrected chi connectivity index (χ0v) is 8.67. The van der Waals surface area contributed by atoms with E-state index in [4.69, 9.17) is 4.52 Å². The first kappa shape index (κ1) is 9.33. The van der Waals surface area contributed by atoms with E-state index in [-0.39, 0.29) is 5.69 Å². The largest absolute Gasteiger partial charge is 0.359 e. The molecule has 1 fully saturated rings. The van der Waals surface area contributed by atoms with E-state index in [0.29, 0.717) is 18.2 Å². The Bertz CT molecular complexity index is 554. The average molecular weight is 217 g/mol. The van der Waals surface area contributed by atoms with Crippen molar-refractivity contribution in [2.24, 2.45) is 0 Å². The Morgan fingerprint density at radius 3 is 3.12 bits per heavy atom. The quantitative estimate of drug-likeness (QED) is 0.773. The molecule has 1 aliphatic rings. The van der Waals surface area contributed by atoms with Crippen LogP contribution in [-0.2, 0) is 6.54 Å². The maximum atomic E-state index is 11.4. The lowest BCUT2D eigenvalue weighted by Crippen LogP contribution is -2.21. The van der Waals surface area contributed by atoms with E-state index in [2.05, 4.69) is 10.1 Å². The van der Waals surface area contributed by atoms with Gasteiger partial charge in [0.25, 0.3) is 0 Å². The minimum absolute atomic E-state index is 0.271. The lowest BCUT2D eigenvalue weighted by atomic mass is 10.3. The maximum absolute atomic E-state index is 11.4. The molecule has 2 aromatic heterocycles. The molecule has 0 N–H and O–H groups in total. The molecule has 0 aliphatic heterocycles. The van der Waals surface area contributed by atoms with Crippen LogP contribution in [0, 0.1) is 0 Å². The predicted octanol–water partition coefficient (Wildman–Crippen LogP) is 1.16. The number of hydrogen-bond donors (Lipinski definition) is 0. The summed E-state index contributed by atoms with van der Waals surface area (Å²) in [7, 11) is 0. The predicted molar refractivity (Wildman–Crippen MR) is 56.1 cm³/mol. The monoisotopic (exact) mass is 217 g/mol. The van der Waals surface area contributed by atoms with Gasteiger partial charge in [0.05, 0.1) is 12.2 Å². The molecule has 2 heterocycles. The van der Waals surface area contributed by atoms with Crippen molar-refractivity contribution in [2.45, 2.75) is 25.3 Å². The van der Waals surface area contributed by atoms with Gasteiger partial charge in [-0.3, -0.25) is 4.57 Å². The van der Waals surface area contributed by atoms with E-state index >= 15 is 0 Å². The first-order valence-corrected chi connectivity index (χ1v) is 5.30. The summed E-state index contributed by atoms with van der Waals surface area (Å²) in [5.74, 6) is 1.28. The Morgan fingerprint density at radius 2 is 2.38 bits per heavy atom. The van der Waals surface area contributed by atoms with Crippen molar-refractivity contribution >= 4 is 0 Å². The van der Waals surface area contributed by atoms with Gasteiger partial charge in [-0.05, 0) is 18.9 Å². The maximum Gasteiger partial charge on any atom is 0.347 e. The Hall–Kier alpha value is -1.91. The Morgan fingerprint density at radius 1 is 1.50 bits per heavy atom. The van der Waals surface area contributed by atoms with Crippen LogP contribution in [0.5, 0.6) is 0 Å². The van der Waals surface area contributed by atoms with Crippen molar-refractivity contribution in [3.63, 3.8) is 0 Å². The lowest BCUT2D eigenvalue weighted by molar-refractivity contribution is 0.369. The van der Waals surface area contributed by atoms with Gasteiger partial charge >= 0.3 is 5.69 Å². The van der Waals surface area contributed by atoms with Gasteiger partial charge in [0, 0.05) is 24.4 Å². The standard InChI is InChI=1S/C11H11N3O2/c15-11-12-4-1-5-14(11)7-9-6-10(13-16-9)8-2-3-8/h1,4-6,8H,2-3,7H2. The van der Waals surface area contributed by atoms with E-state index in [1.807, 2.05) is 6.07 Å². The first-order chi connectivity index (χ1) is 7.83. The molecule has 0 bridgehead atoms. The summed E-state index contributed by atoms with van der Waals surface area (Å²) in [5.41, 5.74) is 0.735. The highest BCUT2D eigenvalue weighted by Crippen LogP contribution is 2.39. The SMILES string of the molecule is O=c1ncccn1Cc1cc(C2CC2)no1. The second kappa shape index (κ2) is 3.59. The van der Waals surface area contributed by atoms with E-state index < -0.39 is 0 Å². The molecule has 0 amide bonds. The zero-order valence-electron chi connectivity index (χ0n) is 8.67. The first-order valence-electron chi connectivity index (χ1n) is 5.30. The third kappa shape index (κ3) is 1.76. The van der Waals surface area contributed by atoms with Gasteiger partial charge in [-0.15, -0.1) is 0 Å². The van der Waals surface area contributed by atoms with Crippen LogP contribution in [0.25, 0.3) is 0 Å². The smallest absolute Gasteiger partial charge is 0.347 e. The van der Waals surface area contributed by atoms with Gasteiger partial charge in [0.2, 0.25) is 0 Å². The summed E-state index contributed by atoms with van der Waals surface area (Å²) in [6, 6.07) is 3.65. The van der Waals surface area contributed by atoms with Crippen molar-refractivity contribution in [1.29, 1.82) is 0 Å². The molecule has 3 rings (SSSR count). The highest BCUT2D eigenvalue weighted by Gasteiger charge is 2.27. The topological polar surface area (TPSA) is 60.9 Å². The summed E-state index contributed by atoms with van der Waals surface area (Å²) in [5, 5.41) is 3.99. The van der Waals surface area contributed by atoms with Gasteiger partial charge in [0.15, 0.2) is 5.76 Å². The average Bonchev–Trinajstić information content (AvgIpc) is 3.03. The van der Waals surface area contributed by atoms with Gasteiger partial charge in [-0.25, -0.2) is 9.78 Å². The molecule has 0 unspecified atom stereocenters. The normalized spacial score (nSPS) is 15.2. The highest BCUT2D eigenvalue weighted by molar-refractivity contribution is 5.15. The minimum Gasteiger partial charge on any atom is -0.359 e. The van der Waals surface area contributed by atoms with Crippen LogP contribution in [-0.4, -0.2) is 14.7 Å². The lowest BCUT2D eigenvalue weighted by Gasteiger charge is -1.98. The van der Waals surface area contributed by atoms with Gasteiger partial charge < -0.3 is 4.52 Å². The van der Waals surface area contributed by atoms with Crippen LogP contribution in [0.2, 0.25) is 0 Å². The van der Waals surface area contributed by atoms with Crippen LogP contribution < -0.4 is 5.69 Å². The molecular weight excluding hydrogens is 206 g/mol. The molecule has 0 aromatic carbocycles. The molecule has 1 saturated carbocycles. The van der Waals surface area contributed by atoms with Crippen LogP contribution in [0.1, 0.15) is 30.2 Å². The molecular formula is C11H11N3O2. The number of nitrogens with zero attached hydrogens (tertiary/aromatic N) is 3. The summed E-state index contributed by atoms with van der Waals surface area (Å²) in [6.45, 7) is 0.395. The van der Waals surface area contributed by atoms with Gasteiger partial charge in [-0.2, -0.15) is 0 Å².